The molecule has 1 saturated heterocycles. The third-order valence-electron chi connectivity index (χ3n) is 8.07. The van der Waals surface area contributed by atoms with Gasteiger partial charge in [-0.05, 0) is 34.7 Å². The van der Waals surface area contributed by atoms with Gasteiger partial charge >= 0.3 is 0 Å². The van der Waals surface area contributed by atoms with Gasteiger partial charge in [0.1, 0.15) is 6.78 Å². The first-order valence-corrected chi connectivity index (χ1v) is 31.6. The first kappa shape index (κ1) is 27.0. The minimum Gasteiger partial charge on any atom is -0.0754 e. The van der Waals surface area contributed by atoms with E-state index in [0.29, 0.717) is 4.52 Å². The Balaban J connectivity index is 2.23. The molecule has 0 aliphatic carbocycles. The summed E-state index contributed by atoms with van der Waals surface area (Å²) in [7, 11) is -4.57. The van der Waals surface area contributed by atoms with Gasteiger partial charge in [-0.15, -0.1) is 0 Å². The Labute approximate surface area is 215 Å². The molecule has 0 nitrogen and oxygen atoms in total. The molecule has 184 valence electrons. The molecule has 2 aromatic rings. The number of hydrogen-bond donors (Lipinski definition) is 0. The van der Waals surface area contributed by atoms with Gasteiger partial charge in [0.2, 0.25) is 0 Å². The lowest BCUT2D eigenvalue weighted by Crippen LogP contribution is -2.70. The van der Waals surface area contributed by atoms with Gasteiger partial charge in [0.25, 0.3) is 0 Å². The van der Waals surface area contributed by atoms with E-state index in [9.17, 15) is 0 Å². The van der Waals surface area contributed by atoms with E-state index < -0.39 is 30.0 Å². The molecule has 0 N–H and O–H groups in total. The Hall–Kier alpha value is -0.0925. The molecule has 0 radical (unpaired) electrons. The van der Waals surface area contributed by atoms with E-state index in [2.05, 4.69) is 140 Å². The second kappa shape index (κ2) is 8.20. The van der Waals surface area contributed by atoms with E-state index in [1.165, 1.54) is 0 Å². The van der Waals surface area contributed by atoms with E-state index >= 15 is 0 Å². The molecule has 0 amide bonds. The summed E-state index contributed by atoms with van der Waals surface area (Å²) in [6.45, 7) is 30.8. The third kappa shape index (κ3) is 3.53. The van der Waals surface area contributed by atoms with Crippen molar-refractivity contribution >= 4 is 50.0 Å². The van der Waals surface area contributed by atoms with Crippen molar-refractivity contribution in [2.75, 3.05) is 0 Å². The highest BCUT2D eigenvalue weighted by atomic mass is 32.2. The summed E-state index contributed by atoms with van der Waals surface area (Å²) in [5.74, 6) is 0. The predicted molar refractivity (Wildman–Crippen MR) is 171 cm³/mol. The fraction of sp³-hybridized carbons (Fsp3) is 0.500. The maximum absolute atomic E-state index is 2.79. The minimum atomic E-state index is -1.75. The summed E-state index contributed by atoms with van der Waals surface area (Å²) < 4.78 is 0.520. The van der Waals surface area contributed by atoms with Crippen LogP contribution in [0.1, 0.15) is 31.9 Å². The normalized spacial score (nSPS) is 27.1. The lowest BCUT2D eigenvalue weighted by Gasteiger charge is -2.54. The molecule has 2 aromatic carbocycles. The molecule has 3 atom stereocenters. The van der Waals surface area contributed by atoms with Crippen LogP contribution in [0, 0.1) is 5.41 Å². The van der Waals surface area contributed by atoms with Gasteiger partial charge in [0.15, 0.2) is 0 Å². The Morgan fingerprint density at radius 3 is 1.50 bits per heavy atom. The van der Waals surface area contributed by atoms with Crippen LogP contribution in [0.2, 0.25) is 58.9 Å². The fourth-order valence-electron chi connectivity index (χ4n) is 7.39. The van der Waals surface area contributed by atoms with Gasteiger partial charge in [0.05, 0.1) is 8.07 Å². The van der Waals surface area contributed by atoms with Crippen molar-refractivity contribution < 1.29 is 0 Å². The van der Waals surface area contributed by atoms with E-state index in [0.717, 1.165) is 0 Å². The molecule has 0 bridgehead atoms. The second-order valence-corrected chi connectivity index (χ2v) is 59.3. The topological polar surface area (TPSA) is 0 Å². The Kier molecular flexibility index (Phi) is 6.50. The first-order chi connectivity index (χ1) is 15.4. The molecular weight excluding hydrogens is 511 g/mol. The number of rotatable bonds is 5. The van der Waals surface area contributed by atoms with Gasteiger partial charge < -0.3 is 0 Å². The average Bonchev–Trinajstić information content (AvgIpc) is 3.24. The Bertz CT molecular complexity index is 1090. The summed E-state index contributed by atoms with van der Waals surface area (Å²) in [6, 6.07) is 23.8. The van der Waals surface area contributed by atoms with E-state index in [-0.39, 0.29) is 20.2 Å². The zero-order valence-electron chi connectivity index (χ0n) is 23.7. The molecule has 34 heavy (non-hydrogen) atoms. The van der Waals surface area contributed by atoms with E-state index in [4.69, 9.17) is 0 Å². The van der Waals surface area contributed by atoms with Gasteiger partial charge in [-0.2, -0.15) is 0 Å². The maximum Gasteiger partial charge on any atom is 0.105 e. The number of allylic oxidation sites excluding steroid dienone is 1. The highest BCUT2D eigenvalue weighted by Crippen LogP contribution is 3.17. The predicted octanol–water partition coefficient (Wildman–Crippen LogP) is 10.4. The lowest BCUT2D eigenvalue weighted by atomic mass is 9.94. The summed E-state index contributed by atoms with van der Waals surface area (Å²) in [5.41, 5.74) is 3.58. The summed E-state index contributed by atoms with van der Waals surface area (Å²) in [6.07, 6.45) is 0. The van der Waals surface area contributed by atoms with E-state index in [1.807, 2.05) is 10.5 Å². The van der Waals surface area contributed by atoms with Crippen molar-refractivity contribution in [2.24, 2.45) is 5.41 Å². The lowest BCUT2D eigenvalue weighted by molar-refractivity contribution is 0.534. The van der Waals surface area contributed by atoms with Gasteiger partial charge in [-0.1, -0.05) is 148 Å². The molecular formula is C28H46P2Si4. The van der Waals surface area contributed by atoms with Crippen LogP contribution < -0.4 is 0 Å². The van der Waals surface area contributed by atoms with E-state index in [1.54, 1.807) is 11.1 Å². The molecule has 0 aromatic heterocycles. The number of fused-ring (bicyclic) bond motifs is 1. The molecule has 2 aliphatic heterocycles. The van der Waals surface area contributed by atoms with Crippen LogP contribution in [0.15, 0.2) is 66.0 Å². The SMILES string of the molecule is CC(C)(C)C1=C(c2ccccc2)[Si]([Si](C)(C)C)([Si](C)(C)C)P2P1C2(c1ccccc1)[Si](C)(C)C. The number of hydrogen-bond acceptors (Lipinski definition) is 0. The summed E-state index contributed by atoms with van der Waals surface area (Å²) >= 11 is 0. The second-order valence-electron chi connectivity index (χ2n) is 14.5. The van der Waals surface area contributed by atoms with Crippen molar-refractivity contribution in [1.82, 2.24) is 0 Å². The zero-order chi connectivity index (χ0) is 25.5. The molecule has 3 unspecified atom stereocenters. The van der Waals surface area contributed by atoms with Gasteiger partial charge in [0, 0.05) is 19.7 Å². The van der Waals surface area contributed by atoms with Gasteiger partial charge in [-0.3, -0.25) is 0 Å². The smallest absolute Gasteiger partial charge is 0.0754 e. The van der Waals surface area contributed by atoms with Crippen molar-refractivity contribution in [1.29, 1.82) is 0 Å². The van der Waals surface area contributed by atoms with Crippen LogP contribution >= 0.6 is 14.8 Å². The monoisotopic (exact) mass is 556 g/mol. The van der Waals surface area contributed by atoms with Crippen LogP contribution in [0.4, 0.5) is 0 Å². The highest BCUT2D eigenvalue weighted by molar-refractivity contribution is 8.69. The van der Waals surface area contributed by atoms with Gasteiger partial charge in [-0.25, -0.2) is 0 Å². The van der Waals surface area contributed by atoms with Crippen molar-refractivity contribution in [2.45, 2.75) is 84.2 Å². The van der Waals surface area contributed by atoms with Crippen LogP contribution in [0.5, 0.6) is 0 Å². The van der Waals surface area contributed by atoms with Crippen LogP contribution in [-0.4, -0.2) is 30.0 Å². The minimum absolute atomic E-state index is 0.0141. The zero-order valence-corrected chi connectivity index (χ0v) is 29.5. The van der Waals surface area contributed by atoms with Crippen molar-refractivity contribution in [3.8, 4) is 0 Å². The standard InChI is InChI=1S/C28H46P2Si4/c1-27(2,3)26-25(23-19-15-13-16-20-23)34(32(7,8)9,33(10,11)12)30-28(29(26)30,31(4,5)6)24-21-17-14-18-22-24/h13-22H,1-12H3. The molecule has 1 fully saturated rings. The van der Waals surface area contributed by atoms with Crippen molar-refractivity contribution in [3.05, 3.63) is 77.1 Å². The first-order valence-electron chi connectivity index (χ1n) is 12.9. The fourth-order valence-corrected chi connectivity index (χ4v) is 132. The number of benzene rings is 2. The molecule has 4 rings (SSSR count). The molecule has 6 heteroatoms. The summed E-state index contributed by atoms with van der Waals surface area (Å²) in [5, 5.41) is 3.95. The maximum atomic E-state index is 2.79. The Morgan fingerprint density at radius 2 is 1.12 bits per heavy atom. The molecule has 2 aliphatic rings. The molecule has 0 spiro atoms. The average molecular weight is 557 g/mol. The summed E-state index contributed by atoms with van der Waals surface area (Å²) in [4.78, 5) is 0. The van der Waals surface area contributed by atoms with Crippen LogP contribution in [0.3, 0.4) is 0 Å². The largest absolute Gasteiger partial charge is 0.105 e. The Morgan fingerprint density at radius 1 is 0.676 bits per heavy atom. The van der Waals surface area contributed by atoms with Crippen LogP contribution in [0.25, 0.3) is 5.20 Å². The quantitative estimate of drug-likeness (QED) is 0.254. The van der Waals surface area contributed by atoms with Crippen LogP contribution in [-0.2, 0) is 4.52 Å². The third-order valence-corrected chi connectivity index (χ3v) is 87.5. The molecule has 2 heterocycles. The molecule has 0 saturated carbocycles. The van der Waals surface area contributed by atoms with Crippen molar-refractivity contribution in [3.63, 3.8) is 0 Å². The highest BCUT2D eigenvalue weighted by Gasteiger charge is 2.86.